The molecule has 0 aliphatic rings. The Labute approximate surface area is 102 Å². The van der Waals surface area contributed by atoms with Gasteiger partial charge in [-0.3, -0.25) is 9.20 Å². The van der Waals surface area contributed by atoms with Crippen molar-refractivity contribution in [2.24, 2.45) is 16.6 Å². The van der Waals surface area contributed by atoms with E-state index in [9.17, 15) is 4.21 Å². The second-order valence-corrected chi connectivity index (χ2v) is 7.53. The first-order chi connectivity index (χ1) is 7.23. The fourth-order valence-electron chi connectivity index (χ4n) is 0.915. The van der Waals surface area contributed by atoms with Gasteiger partial charge in [0.05, 0.1) is 0 Å². The Kier molecular flexibility index (Phi) is 6.64. The highest BCUT2D eigenvalue weighted by Gasteiger charge is 2.18. The highest BCUT2D eigenvalue weighted by Crippen LogP contribution is 2.10. The minimum atomic E-state index is -0.840. The number of rotatable bonds is 5. The molecular formula is C11H25N3OS. The average molecular weight is 247 g/mol. The lowest BCUT2D eigenvalue weighted by Crippen LogP contribution is -2.37. The Morgan fingerprint density at radius 2 is 2.00 bits per heavy atom. The van der Waals surface area contributed by atoms with Crippen LogP contribution in [0.4, 0.5) is 0 Å². The first kappa shape index (κ1) is 15.4. The second kappa shape index (κ2) is 6.89. The normalized spacial score (nSPS) is 15.2. The van der Waals surface area contributed by atoms with Gasteiger partial charge >= 0.3 is 0 Å². The molecular weight excluding hydrogens is 222 g/mol. The van der Waals surface area contributed by atoms with Crippen LogP contribution in [0.25, 0.3) is 0 Å². The maximum absolute atomic E-state index is 11.7. The van der Waals surface area contributed by atoms with E-state index in [2.05, 4.69) is 24.2 Å². The molecule has 0 rings (SSSR count). The van der Waals surface area contributed by atoms with Crippen LogP contribution in [0.1, 0.15) is 34.6 Å². The summed E-state index contributed by atoms with van der Waals surface area (Å²) in [5.41, 5.74) is 5.66. The second-order valence-electron chi connectivity index (χ2n) is 5.21. The molecule has 0 amide bonds. The molecule has 0 bridgehead atoms. The molecule has 0 aromatic carbocycles. The minimum absolute atomic E-state index is 0.161. The largest absolute Gasteiger partial charge is 0.370 e. The van der Waals surface area contributed by atoms with Crippen LogP contribution in [0.5, 0.6) is 0 Å². The number of aliphatic imine (C=N–C) groups is 1. The van der Waals surface area contributed by atoms with E-state index in [1.165, 1.54) is 0 Å². The minimum Gasteiger partial charge on any atom is -0.370 e. The molecule has 0 radical (unpaired) electrons. The fourth-order valence-corrected chi connectivity index (χ4v) is 1.81. The van der Waals surface area contributed by atoms with E-state index in [1.807, 2.05) is 20.8 Å². The number of nitrogens with two attached hydrogens (primary N) is 1. The van der Waals surface area contributed by atoms with Crippen LogP contribution in [-0.2, 0) is 10.8 Å². The highest BCUT2D eigenvalue weighted by atomic mass is 32.2. The van der Waals surface area contributed by atoms with Crippen LogP contribution < -0.4 is 11.1 Å². The maximum atomic E-state index is 11.7. The van der Waals surface area contributed by atoms with Crippen LogP contribution in [0.3, 0.4) is 0 Å². The van der Waals surface area contributed by atoms with E-state index in [-0.39, 0.29) is 4.75 Å². The van der Waals surface area contributed by atoms with Crippen molar-refractivity contribution in [3.8, 4) is 0 Å². The zero-order valence-corrected chi connectivity index (χ0v) is 11.9. The summed E-state index contributed by atoms with van der Waals surface area (Å²) in [5.74, 6) is 1.55. The molecule has 3 N–H and O–H groups in total. The summed E-state index contributed by atoms with van der Waals surface area (Å²) in [4.78, 5) is 4.17. The summed E-state index contributed by atoms with van der Waals surface area (Å²) >= 11 is 0. The Morgan fingerprint density at radius 3 is 2.44 bits per heavy atom. The third-order valence-corrected chi connectivity index (χ3v) is 3.84. The van der Waals surface area contributed by atoms with Crippen LogP contribution in [-0.4, -0.2) is 33.8 Å². The molecule has 5 heteroatoms. The van der Waals surface area contributed by atoms with Crippen molar-refractivity contribution in [2.75, 3.05) is 18.8 Å². The van der Waals surface area contributed by atoms with Crippen molar-refractivity contribution in [3.63, 3.8) is 0 Å². The molecule has 0 aromatic heterocycles. The standard InChI is InChI=1S/C11H25N3OS/c1-9(2)8-14-10(12)13-6-7-16(15)11(3,4)5/h9H,6-8H2,1-5H3,(H3,12,13,14). The lowest BCUT2D eigenvalue weighted by atomic mass is 10.2. The number of guanidine groups is 1. The van der Waals surface area contributed by atoms with Crippen molar-refractivity contribution in [1.82, 2.24) is 5.32 Å². The number of nitrogens with one attached hydrogen (secondary N) is 1. The molecule has 96 valence electrons. The van der Waals surface area contributed by atoms with Crippen LogP contribution in [0.2, 0.25) is 0 Å². The summed E-state index contributed by atoms with van der Waals surface area (Å²) in [5, 5.41) is 2.98. The molecule has 0 heterocycles. The van der Waals surface area contributed by atoms with Crippen LogP contribution in [0, 0.1) is 5.92 Å². The molecule has 1 atom stereocenters. The SMILES string of the molecule is CC(C)CN=C(N)NCCS(=O)C(C)(C)C. The highest BCUT2D eigenvalue weighted by molar-refractivity contribution is 7.86. The molecule has 0 fully saturated rings. The molecule has 0 saturated carbocycles. The summed E-state index contributed by atoms with van der Waals surface area (Å²) in [6, 6.07) is 0. The first-order valence-electron chi connectivity index (χ1n) is 5.65. The van der Waals surface area contributed by atoms with Gasteiger partial charge in [-0.05, 0) is 26.7 Å². The maximum Gasteiger partial charge on any atom is 0.188 e. The quantitative estimate of drug-likeness (QED) is 0.564. The predicted octanol–water partition coefficient (Wildman–Crippen LogP) is 1.09. The van der Waals surface area contributed by atoms with Gasteiger partial charge in [-0.15, -0.1) is 0 Å². The van der Waals surface area contributed by atoms with Gasteiger partial charge in [0.15, 0.2) is 5.96 Å². The summed E-state index contributed by atoms with van der Waals surface area (Å²) < 4.78 is 11.5. The molecule has 4 nitrogen and oxygen atoms in total. The summed E-state index contributed by atoms with van der Waals surface area (Å²) in [6.07, 6.45) is 0. The average Bonchev–Trinajstić information content (AvgIpc) is 2.13. The van der Waals surface area contributed by atoms with Crippen molar-refractivity contribution < 1.29 is 4.21 Å². The van der Waals surface area contributed by atoms with Crippen molar-refractivity contribution >= 4 is 16.8 Å². The zero-order valence-electron chi connectivity index (χ0n) is 11.0. The van der Waals surface area contributed by atoms with Gasteiger partial charge < -0.3 is 11.1 Å². The Balaban J connectivity index is 3.82. The van der Waals surface area contributed by atoms with Gasteiger partial charge in [0.2, 0.25) is 0 Å². The van der Waals surface area contributed by atoms with E-state index < -0.39 is 10.8 Å². The van der Waals surface area contributed by atoms with Gasteiger partial charge in [0.25, 0.3) is 0 Å². The van der Waals surface area contributed by atoms with Crippen molar-refractivity contribution in [1.29, 1.82) is 0 Å². The van der Waals surface area contributed by atoms with Crippen molar-refractivity contribution in [2.45, 2.75) is 39.4 Å². The number of hydrogen-bond acceptors (Lipinski definition) is 2. The predicted molar refractivity (Wildman–Crippen MR) is 72.1 cm³/mol. The molecule has 0 aliphatic carbocycles. The topological polar surface area (TPSA) is 67.5 Å². The van der Waals surface area contributed by atoms with Gasteiger partial charge in [-0.2, -0.15) is 0 Å². The molecule has 0 aromatic rings. The molecule has 0 saturated heterocycles. The Hall–Kier alpha value is -0.580. The van der Waals surface area contributed by atoms with E-state index in [4.69, 9.17) is 5.73 Å². The fraction of sp³-hybridized carbons (Fsp3) is 0.909. The lowest BCUT2D eigenvalue weighted by Gasteiger charge is -2.17. The molecule has 0 aliphatic heterocycles. The van der Waals surface area contributed by atoms with Crippen molar-refractivity contribution in [3.05, 3.63) is 0 Å². The van der Waals surface area contributed by atoms with Gasteiger partial charge in [0, 0.05) is 34.4 Å². The molecule has 16 heavy (non-hydrogen) atoms. The van der Waals surface area contributed by atoms with E-state index in [0.29, 0.717) is 24.2 Å². The molecule has 0 spiro atoms. The van der Waals surface area contributed by atoms with Gasteiger partial charge in [0.1, 0.15) is 0 Å². The third-order valence-electron chi connectivity index (χ3n) is 1.90. The number of hydrogen-bond donors (Lipinski definition) is 2. The molecule has 1 unspecified atom stereocenters. The Morgan fingerprint density at radius 1 is 1.44 bits per heavy atom. The third kappa shape index (κ3) is 7.68. The summed E-state index contributed by atoms with van der Waals surface area (Å²) in [6.45, 7) is 11.4. The van der Waals surface area contributed by atoms with E-state index in [1.54, 1.807) is 0 Å². The zero-order chi connectivity index (χ0) is 12.8. The Bertz CT molecular complexity index is 256. The van der Waals surface area contributed by atoms with Gasteiger partial charge in [-0.25, -0.2) is 0 Å². The lowest BCUT2D eigenvalue weighted by molar-refractivity contribution is 0.646. The summed E-state index contributed by atoms with van der Waals surface area (Å²) in [7, 11) is -0.840. The first-order valence-corrected chi connectivity index (χ1v) is 6.97. The van der Waals surface area contributed by atoms with E-state index in [0.717, 1.165) is 6.54 Å². The van der Waals surface area contributed by atoms with E-state index >= 15 is 0 Å². The monoisotopic (exact) mass is 247 g/mol. The smallest absolute Gasteiger partial charge is 0.188 e. The van der Waals surface area contributed by atoms with Crippen LogP contribution >= 0.6 is 0 Å². The van der Waals surface area contributed by atoms with Crippen LogP contribution in [0.15, 0.2) is 4.99 Å². The number of nitrogens with zero attached hydrogens (tertiary/aromatic N) is 1. The van der Waals surface area contributed by atoms with Gasteiger partial charge in [-0.1, -0.05) is 13.8 Å².